The molecule has 1 heterocycles. The van der Waals surface area contributed by atoms with Gasteiger partial charge in [0, 0.05) is 11.5 Å². The van der Waals surface area contributed by atoms with E-state index < -0.39 is 10.1 Å². The van der Waals surface area contributed by atoms with E-state index in [1.807, 2.05) is 13.0 Å². The molecule has 1 N–H and O–H groups in total. The molecule has 0 amide bonds. The number of aryl methyl sites for hydroxylation is 1. The Morgan fingerprint density at radius 2 is 2.07 bits per heavy atom. The molecule has 76 valence electrons. The van der Waals surface area contributed by atoms with Crippen molar-refractivity contribution in [2.24, 2.45) is 0 Å². The van der Waals surface area contributed by atoms with E-state index in [9.17, 15) is 8.42 Å². The van der Waals surface area contributed by atoms with Gasteiger partial charge < -0.3 is 0 Å². The highest BCUT2D eigenvalue weighted by atomic mass is 32.2. The van der Waals surface area contributed by atoms with Crippen molar-refractivity contribution in [2.75, 3.05) is 0 Å². The third-order valence-electron chi connectivity index (χ3n) is 2.23. The van der Waals surface area contributed by atoms with Crippen molar-refractivity contribution in [3.05, 3.63) is 28.8 Å². The van der Waals surface area contributed by atoms with Crippen molar-refractivity contribution in [1.29, 1.82) is 0 Å². The van der Waals surface area contributed by atoms with E-state index in [0.717, 1.165) is 22.4 Å². The van der Waals surface area contributed by atoms with Crippen molar-refractivity contribution in [1.82, 2.24) is 0 Å². The molecule has 14 heavy (non-hydrogen) atoms. The van der Waals surface area contributed by atoms with Crippen LogP contribution in [-0.2, 0) is 21.6 Å². The maximum Gasteiger partial charge on any atom is 0.294 e. The molecule has 0 atom stereocenters. The third kappa shape index (κ3) is 1.67. The average molecular weight is 230 g/mol. The average Bonchev–Trinajstić information content (AvgIpc) is 2.47. The van der Waals surface area contributed by atoms with E-state index in [1.54, 1.807) is 11.8 Å². The maximum atomic E-state index is 11.1. The normalized spacial score (nSPS) is 15.6. The lowest BCUT2D eigenvalue weighted by Crippen LogP contribution is -2.03. The van der Waals surface area contributed by atoms with Gasteiger partial charge in [0.15, 0.2) is 0 Å². The van der Waals surface area contributed by atoms with Gasteiger partial charge in [0.2, 0.25) is 0 Å². The van der Waals surface area contributed by atoms with Gasteiger partial charge in [0.05, 0.1) is 4.90 Å². The number of thioether (sulfide) groups is 1. The Labute approximate surface area is 87.3 Å². The fraction of sp³-hybridized carbons (Fsp3) is 0.333. The maximum absolute atomic E-state index is 11.1. The second-order valence-electron chi connectivity index (χ2n) is 3.37. The Kier molecular flexibility index (Phi) is 2.33. The second kappa shape index (κ2) is 3.25. The van der Waals surface area contributed by atoms with Crippen LogP contribution in [0.5, 0.6) is 0 Å². The first-order valence-electron chi connectivity index (χ1n) is 4.16. The van der Waals surface area contributed by atoms with Crippen LogP contribution < -0.4 is 0 Å². The minimum Gasteiger partial charge on any atom is -0.282 e. The highest BCUT2D eigenvalue weighted by molar-refractivity contribution is 7.98. The number of rotatable bonds is 1. The van der Waals surface area contributed by atoms with Crippen LogP contribution in [0.3, 0.4) is 0 Å². The van der Waals surface area contributed by atoms with Crippen LogP contribution in [0, 0.1) is 6.92 Å². The minimum atomic E-state index is -4.06. The molecule has 0 radical (unpaired) electrons. The lowest BCUT2D eigenvalue weighted by molar-refractivity contribution is 0.482. The summed E-state index contributed by atoms with van der Waals surface area (Å²) in [7, 11) is -4.06. The Balaban J connectivity index is 2.72. The number of hydrogen-bond donors (Lipinski definition) is 1. The molecule has 0 aromatic heterocycles. The summed E-state index contributed by atoms with van der Waals surface area (Å²) in [5, 5.41) is 0. The summed E-state index contributed by atoms with van der Waals surface area (Å²) in [5.41, 5.74) is 2.67. The summed E-state index contributed by atoms with van der Waals surface area (Å²) >= 11 is 1.67. The monoisotopic (exact) mass is 230 g/mol. The predicted molar refractivity (Wildman–Crippen MR) is 56.0 cm³/mol. The summed E-state index contributed by atoms with van der Waals surface area (Å²) in [6.07, 6.45) is 0. The quantitative estimate of drug-likeness (QED) is 0.750. The molecule has 1 aliphatic rings. The van der Waals surface area contributed by atoms with Crippen LogP contribution in [0.1, 0.15) is 16.7 Å². The lowest BCUT2D eigenvalue weighted by atomic mass is 10.1. The third-order valence-corrected chi connectivity index (χ3v) is 4.16. The molecule has 1 aromatic rings. The van der Waals surface area contributed by atoms with Gasteiger partial charge in [-0.3, -0.25) is 4.55 Å². The Morgan fingerprint density at radius 1 is 1.36 bits per heavy atom. The van der Waals surface area contributed by atoms with Crippen LogP contribution >= 0.6 is 11.8 Å². The molecule has 1 aromatic carbocycles. The summed E-state index contributed by atoms with van der Waals surface area (Å²) in [5.74, 6) is 1.50. The van der Waals surface area contributed by atoms with Crippen LogP contribution in [-0.4, -0.2) is 13.0 Å². The van der Waals surface area contributed by atoms with Crippen molar-refractivity contribution in [2.45, 2.75) is 23.3 Å². The van der Waals surface area contributed by atoms with Gasteiger partial charge >= 0.3 is 0 Å². The molecule has 5 heteroatoms. The SMILES string of the molecule is Cc1cc2c(c(S(=O)(=O)O)c1)CSC2. The molecule has 2 rings (SSSR count). The molecule has 0 spiro atoms. The summed E-state index contributed by atoms with van der Waals surface area (Å²) in [6.45, 7) is 1.83. The highest BCUT2D eigenvalue weighted by Gasteiger charge is 2.22. The number of benzene rings is 1. The topological polar surface area (TPSA) is 54.4 Å². The van der Waals surface area contributed by atoms with E-state index in [0.29, 0.717) is 5.75 Å². The fourth-order valence-corrected chi connectivity index (χ4v) is 3.71. The van der Waals surface area contributed by atoms with Gasteiger partial charge in [0.25, 0.3) is 10.1 Å². The van der Waals surface area contributed by atoms with Gasteiger partial charge in [-0.25, -0.2) is 0 Å². The molecule has 0 fully saturated rings. The van der Waals surface area contributed by atoms with Crippen LogP contribution in [0.25, 0.3) is 0 Å². The van der Waals surface area contributed by atoms with Gasteiger partial charge in [-0.1, -0.05) is 6.07 Å². The van der Waals surface area contributed by atoms with Crippen molar-refractivity contribution in [3.8, 4) is 0 Å². The molecule has 1 aliphatic heterocycles. The smallest absolute Gasteiger partial charge is 0.282 e. The predicted octanol–water partition coefficient (Wildman–Crippen LogP) is 1.99. The second-order valence-corrected chi connectivity index (χ2v) is 5.74. The van der Waals surface area contributed by atoms with Crippen LogP contribution in [0.15, 0.2) is 17.0 Å². The molecule has 3 nitrogen and oxygen atoms in total. The van der Waals surface area contributed by atoms with E-state index in [2.05, 4.69) is 0 Å². The van der Waals surface area contributed by atoms with E-state index in [4.69, 9.17) is 4.55 Å². The van der Waals surface area contributed by atoms with E-state index in [-0.39, 0.29) is 4.90 Å². The highest BCUT2D eigenvalue weighted by Crippen LogP contribution is 2.34. The van der Waals surface area contributed by atoms with Gasteiger partial charge in [0.1, 0.15) is 0 Å². The molecule has 0 aliphatic carbocycles. The molecule has 0 unspecified atom stereocenters. The number of hydrogen-bond acceptors (Lipinski definition) is 3. The van der Waals surface area contributed by atoms with Crippen molar-refractivity contribution in [3.63, 3.8) is 0 Å². The molecule has 0 saturated carbocycles. The molecule has 0 saturated heterocycles. The number of fused-ring (bicyclic) bond motifs is 1. The Hall–Kier alpha value is -0.520. The first-order chi connectivity index (χ1) is 6.48. The summed E-state index contributed by atoms with van der Waals surface area (Å²) in [6, 6.07) is 3.50. The zero-order chi connectivity index (χ0) is 10.3. The minimum absolute atomic E-state index is 0.0810. The first-order valence-corrected chi connectivity index (χ1v) is 6.75. The van der Waals surface area contributed by atoms with Crippen LogP contribution in [0.2, 0.25) is 0 Å². The zero-order valence-corrected chi connectivity index (χ0v) is 9.28. The Morgan fingerprint density at radius 3 is 2.71 bits per heavy atom. The fourth-order valence-electron chi connectivity index (χ4n) is 1.64. The largest absolute Gasteiger partial charge is 0.294 e. The molecule has 0 bridgehead atoms. The van der Waals surface area contributed by atoms with Gasteiger partial charge in [-0.15, -0.1) is 0 Å². The van der Waals surface area contributed by atoms with Crippen LogP contribution in [0.4, 0.5) is 0 Å². The summed E-state index contributed by atoms with van der Waals surface area (Å²) in [4.78, 5) is 0.0810. The van der Waals surface area contributed by atoms with Crippen molar-refractivity contribution < 1.29 is 13.0 Å². The molecular formula is C9H10O3S2. The Bertz CT molecular complexity index is 477. The molecular weight excluding hydrogens is 220 g/mol. The van der Waals surface area contributed by atoms with Gasteiger partial charge in [-0.2, -0.15) is 20.2 Å². The van der Waals surface area contributed by atoms with E-state index >= 15 is 0 Å². The first kappa shape index (κ1) is 10.0. The zero-order valence-electron chi connectivity index (χ0n) is 7.65. The summed E-state index contributed by atoms with van der Waals surface area (Å²) < 4.78 is 31.2. The van der Waals surface area contributed by atoms with Crippen molar-refractivity contribution >= 4 is 21.9 Å². The lowest BCUT2D eigenvalue weighted by Gasteiger charge is -2.06. The van der Waals surface area contributed by atoms with E-state index in [1.165, 1.54) is 6.07 Å². The van der Waals surface area contributed by atoms with Gasteiger partial charge in [-0.05, 0) is 29.7 Å². The standard InChI is InChI=1S/C9H10O3S2/c1-6-2-7-4-13-5-8(7)9(3-6)14(10,11)12/h2-3H,4-5H2,1H3,(H,10,11,12).